The maximum absolute atomic E-state index is 12.9. The second-order valence-corrected chi connectivity index (χ2v) is 7.15. The molecule has 0 aromatic carbocycles. The van der Waals surface area contributed by atoms with E-state index in [1.807, 2.05) is 11.6 Å². The van der Waals surface area contributed by atoms with Crippen molar-refractivity contribution < 1.29 is 9.59 Å². The number of aryl methyl sites for hydroxylation is 1. The van der Waals surface area contributed by atoms with Crippen LogP contribution in [-0.2, 0) is 17.9 Å². The lowest BCUT2D eigenvalue weighted by molar-refractivity contribution is -0.116. The molecular formula is C20H29N5O2. The van der Waals surface area contributed by atoms with E-state index in [0.717, 1.165) is 55.4 Å². The van der Waals surface area contributed by atoms with E-state index in [1.54, 1.807) is 11.1 Å². The molecule has 27 heavy (non-hydrogen) atoms. The predicted molar refractivity (Wildman–Crippen MR) is 106 cm³/mol. The van der Waals surface area contributed by atoms with Crippen molar-refractivity contribution in [2.24, 2.45) is 0 Å². The summed E-state index contributed by atoms with van der Waals surface area (Å²) in [6, 6.07) is 0. The minimum Gasteiger partial charge on any atom is -0.333 e. The molecule has 0 aliphatic carbocycles. The van der Waals surface area contributed by atoms with E-state index in [1.165, 1.54) is 0 Å². The van der Waals surface area contributed by atoms with E-state index in [0.29, 0.717) is 30.8 Å². The molecule has 7 heteroatoms. The lowest BCUT2D eigenvalue weighted by Crippen LogP contribution is -2.25. The van der Waals surface area contributed by atoms with Gasteiger partial charge >= 0.3 is 0 Å². The highest BCUT2D eigenvalue weighted by Crippen LogP contribution is 2.34. The number of aromatic nitrogens is 3. The minimum absolute atomic E-state index is 0.0493. The van der Waals surface area contributed by atoms with Crippen LogP contribution in [0.25, 0.3) is 11.0 Å². The Morgan fingerprint density at radius 3 is 2.67 bits per heavy atom. The van der Waals surface area contributed by atoms with Gasteiger partial charge in [-0.15, -0.1) is 0 Å². The van der Waals surface area contributed by atoms with Gasteiger partial charge in [0.2, 0.25) is 5.91 Å². The van der Waals surface area contributed by atoms with Crippen LogP contribution >= 0.6 is 0 Å². The Morgan fingerprint density at radius 2 is 1.96 bits per heavy atom. The lowest BCUT2D eigenvalue weighted by Gasteiger charge is -2.14. The highest BCUT2D eigenvalue weighted by molar-refractivity contribution is 6.13. The number of amides is 2. The van der Waals surface area contributed by atoms with Gasteiger partial charge in [0.25, 0.3) is 5.91 Å². The molecule has 7 nitrogen and oxygen atoms in total. The third-order valence-electron chi connectivity index (χ3n) is 4.91. The van der Waals surface area contributed by atoms with Crippen LogP contribution in [0.5, 0.6) is 0 Å². The first-order valence-electron chi connectivity index (χ1n) is 10.1. The zero-order chi connectivity index (χ0) is 19.4. The van der Waals surface area contributed by atoms with Gasteiger partial charge in [-0.3, -0.25) is 9.59 Å². The topological polar surface area (TPSA) is 80.1 Å². The monoisotopic (exact) mass is 371 g/mol. The van der Waals surface area contributed by atoms with Gasteiger partial charge in [-0.05, 0) is 19.3 Å². The fourth-order valence-electron chi connectivity index (χ4n) is 3.58. The molecule has 2 aromatic heterocycles. The fraction of sp³-hybridized carbons (Fsp3) is 0.600. The summed E-state index contributed by atoms with van der Waals surface area (Å²) >= 11 is 0. The molecule has 0 saturated carbocycles. The zero-order valence-corrected chi connectivity index (χ0v) is 16.5. The summed E-state index contributed by atoms with van der Waals surface area (Å²) in [6.07, 6.45) is 7.11. The molecule has 0 fully saturated rings. The Balaban J connectivity index is 2.05. The number of rotatable bonds is 9. The fourth-order valence-corrected chi connectivity index (χ4v) is 3.58. The van der Waals surface area contributed by atoms with Crippen LogP contribution in [0.3, 0.4) is 0 Å². The Hall–Kier alpha value is -2.44. The maximum atomic E-state index is 12.9. The van der Waals surface area contributed by atoms with Crippen LogP contribution in [0.4, 0.5) is 5.69 Å². The molecule has 0 radical (unpaired) electrons. The van der Waals surface area contributed by atoms with E-state index >= 15 is 0 Å². The quantitative estimate of drug-likeness (QED) is 0.681. The molecule has 3 rings (SSSR count). The molecule has 146 valence electrons. The summed E-state index contributed by atoms with van der Waals surface area (Å²) in [5.74, 6) is -0.126. The number of anilines is 1. The zero-order valence-electron chi connectivity index (χ0n) is 16.5. The van der Waals surface area contributed by atoms with Crippen molar-refractivity contribution in [1.29, 1.82) is 0 Å². The van der Waals surface area contributed by atoms with E-state index < -0.39 is 0 Å². The second kappa shape index (κ2) is 8.50. The minimum atomic E-state index is -0.0762. The number of hydrogen-bond acceptors (Lipinski definition) is 4. The largest absolute Gasteiger partial charge is 0.333 e. The van der Waals surface area contributed by atoms with Crippen molar-refractivity contribution >= 4 is 28.5 Å². The molecule has 3 heterocycles. The second-order valence-electron chi connectivity index (χ2n) is 7.15. The number of carbonyl (C=O) groups is 2. The number of hydrogen-bond donors (Lipinski definition) is 1. The van der Waals surface area contributed by atoms with E-state index in [2.05, 4.69) is 24.3 Å². The Labute approximate surface area is 160 Å². The van der Waals surface area contributed by atoms with Gasteiger partial charge in [0.15, 0.2) is 5.65 Å². The first-order valence-corrected chi connectivity index (χ1v) is 10.1. The molecule has 2 amide bonds. The van der Waals surface area contributed by atoms with Gasteiger partial charge in [0, 0.05) is 19.5 Å². The summed E-state index contributed by atoms with van der Waals surface area (Å²) in [4.78, 5) is 31.8. The molecule has 2 aromatic rings. The Bertz CT molecular complexity index is 842. The molecule has 1 aliphatic rings. The number of pyridine rings is 1. The van der Waals surface area contributed by atoms with E-state index in [-0.39, 0.29) is 11.8 Å². The van der Waals surface area contributed by atoms with E-state index in [9.17, 15) is 9.59 Å². The van der Waals surface area contributed by atoms with Crippen LogP contribution in [0, 0.1) is 0 Å². The van der Waals surface area contributed by atoms with Gasteiger partial charge < -0.3 is 10.2 Å². The van der Waals surface area contributed by atoms with Gasteiger partial charge in [-0.25, -0.2) is 9.67 Å². The summed E-state index contributed by atoms with van der Waals surface area (Å²) in [6.45, 7) is 8.16. The molecule has 0 bridgehead atoms. The first kappa shape index (κ1) is 19.3. The average molecular weight is 371 g/mol. The molecule has 0 spiro atoms. The third-order valence-corrected chi connectivity index (χ3v) is 4.91. The van der Waals surface area contributed by atoms with Gasteiger partial charge in [-0.1, -0.05) is 33.6 Å². The number of unbranched alkanes of at least 4 members (excludes halogenated alkanes) is 2. The van der Waals surface area contributed by atoms with Crippen molar-refractivity contribution in [3.8, 4) is 0 Å². The smallest absolute Gasteiger partial charge is 0.258 e. The maximum Gasteiger partial charge on any atom is 0.258 e. The van der Waals surface area contributed by atoms with Gasteiger partial charge in [0.05, 0.1) is 35.1 Å². The number of fused-ring (bicyclic) bond motifs is 2. The summed E-state index contributed by atoms with van der Waals surface area (Å²) in [7, 11) is 0. The van der Waals surface area contributed by atoms with E-state index in [4.69, 9.17) is 4.98 Å². The summed E-state index contributed by atoms with van der Waals surface area (Å²) < 4.78 is 1.90. The Kier molecular flexibility index (Phi) is 6.08. The number of carbonyl (C=O) groups excluding carboxylic acids is 2. The molecule has 1 aliphatic heterocycles. The average Bonchev–Trinajstić information content (AvgIpc) is 3.18. The van der Waals surface area contributed by atoms with Crippen molar-refractivity contribution in [2.45, 2.75) is 72.4 Å². The standard InChI is InChI=1S/C20H29N5O2/c1-4-7-8-11-25-19-14(12-21-25)18(23-16(26)9-5-2)17-15(22-19)13-24(10-6-3)20(17)27/h12H,4-11,13H2,1-3H3,(H,22,23,26). The summed E-state index contributed by atoms with van der Waals surface area (Å²) in [5, 5.41) is 8.21. The molecule has 0 unspecified atom stereocenters. The first-order chi connectivity index (χ1) is 13.1. The van der Waals surface area contributed by atoms with Crippen molar-refractivity contribution in [3.05, 3.63) is 17.5 Å². The SMILES string of the molecule is CCCCCn1ncc2c(NC(=O)CCC)c3c(nc21)CN(CCC)C3=O. The van der Waals surface area contributed by atoms with Crippen molar-refractivity contribution in [2.75, 3.05) is 11.9 Å². The van der Waals surface area contributed by atoms with Crippen LogP contribution in [0.1, 0.15) is 75.3 Å². The Morgan fingerprint density at radius 1 is 1.15 bits per heavy atom. The van der Waals surface area contributed by atoms with Crippen LogP contribution < -0.4 is 5.32 Å². The van der Waals surface area contributed by atoms with Gasteiger partial charge in [0.1, 0.15) is 0 Å². The molecule has 0 atom stereocenters. The third kappa shape index (κ3) is 3.82. The lowest BCUT2D eigenvalue weighted by atomic mass is 10.1. The summed E-state index contributed by atoms with van der Waals surface area (Å²) in [5.41, 5.74) is 2.61. The van der Waals surface area contributed by atoms with Crippen LogP contribution in [0.15, 0.2) is 6.20 Å². The van der Waals surface area contributed by atoms with Crippen molar-refractivity contribution in [1.82, 2.24) is 19.7 Å². The predicted octanol–water partition coefficient (Wildman–Crippen LogP) is 3.73. The number of nitrogens with one attached hydrogen (secondary N) is 1. The molecular weight excluding hydrogens is 342 g/mol. The highest BCUT2D eigenvalue weighted by Gasteiger charge is 2.33. The van der Waals surface area contributed by atoms with Crippen LogP contribution in [0.2, 0.25) is 0 Å². The normalized spacial score (nSPS) is 13.4. The van der Waals surface area contributed by atoms with Crippen LogP contribution in [-0.4, -0.2) is 38.0 Å². The molecule has 0 saturated heterocycles. The highest BCUT2D eigenvalue weighted by atomic mass is 16.2. The number of nitrogens with zero attached hydrogens (tertiary/aromatic N) is 4. The van der Waals surface area contributed by atoms with Gasteiger partial charge in [-0.2, -0.15) is 5.10 Å². The van der Waals surface area contributed by atoms with Crippen molar-refractivity contribution in [3.63, 3.8) is 0 Å². The molecule has 1 N–H and O–H groups in total.